The van der Waals surface area contributed by atoms with Crippen molar-refractivity contribution in [2.75, 3.05) is 19.7 Å². The summed E-state index contributed by atoms with van der Waals surface area (Å²) in [6, 6.07) is 0. The van der Waals surface area contributed by atoms with Gasteiger partial charge in [-0.25, -0.2) is 0 Å². The molecule has 0 aliphatic carbocycles. The van der Waals surface area contributed by atoms with Crippen LogP contribution in [0.2, 0.25) is 0 Å². The number of rotatable bonds is 5. The van der Waals surface area contributed by atoms with Gasteiger partial charge in [0.05, 0.1) is 12.1 Å². The number of nitrogens with one attached hydrogen (secondary N) is 2. The molecule has 1 amide bonds. The van der Waals surface area contributed by atoms with E-state index in [1.54, 1.807) is 0 Å². The standard InChI is InChI=1S/C12H24N2O2/c1-12(2,9-15)14-11(16)6-5-10-4-3-7-13-8-10/h10,13,15H,3-9H2,1-2H3,(H,14,16). The Balaban J connectivity index is 2.19. The first kappa shape index (κ1) is 13.5. The Hall–Kier alpha value is -0.610. The number of aliphatic hydroxyl groups excluding tert-OH is 1. The highest BCUT2D eigenvalue weighted by molar-refractivity contribution is 5.76. The number of piperidine rings is 1. The van der Waals surface area contributed by atoms with Gasteiger partial charge < -0.3 is 15.7 Å². The zero-order chi connectivity index (χ0) is 12.0. The minimum absolute atomic E-state index is 0.0241. The Morgan fingerprint density at radius 3 is 2.88 bits per heavy atom. The van der Waals surface area contributed by atoms with Crippen LogP contribution in [0, 0.1) is 5.92 Å². The number of amides is 1. The summed E-state index contributed by atoms with van der Waals surface area (Å²) < 4.78 is 0. The fraction of sp³-hybridized carbons (Fsp3) is 0.917. The van der Waals surface area contributed by atoms with E-state index in [1.165, 1.54) is 12.8 Å². The van der Waals surface area contributed by atoms with Gasteiger partial charge in [-0.3, -0.25) is 4.79 Å². The van der Waals surface area contributed by atoms with Crippen molar-refractivity contribution in [3.05, 3.63) is 0 Å². The predicted molar refractivity (Wildman–Crippen MR) is 64.1 cm³/mol. The van der Waals surface area contributed by atoms with E-state index < -0.39 is 5.54 Å². The van der Waals surface area contributed by atoms with Gasteiger partial charge in [-0.15, -0.1) is 0 Å². The normalized spacial score (nSPS) is 21.8. The van der Waals surface area contributed by atoms with Crippen LogP contribution in [0.25, 0.3) is 0 Å². The molecular formula is C12H24N2O2. The zero-order valence-electron chi connectivity index (χ0n) is 10.4. The van der Waals surface area contributed by atoms with E-state index in [9.17, 15) is 4.79 Å². The van der Waals surface area contributed by atoms with Gasteiger partial charge in [0.25, 0.3) is 0 Å². The molecule has 0 saturated carbocycles. The Labute approximate surface area is 97.8 Å². The molecule has 0 radical (unpaired) electrons. The Bertz CT molecular complexity index is 223. The lowest BCUT2D eigenvalue weighted by Crippen LogP contribution is -2.46. The average molecular weight is 228 g/mol. The van der Waals surface area contributed by atoms with Crippen LogP contribution >= 0.6 is 0 Å². The minimum Gasteiger partial charge on any atom is -0.394 e. The van der Waals surface area contributed by atoms with Crippen LogP contribution < -0.4 is 10.6 Å². The summed E-state index contributed by atoms with van der Waals surface area (Å²) in [5.41, 5.74) is -0.498. The van der Waals surface area contributed by atoms with Crippen molar-refractivity contribution >= 4 is 5.91 Å². The smallest absolute Gasteiger partial charge is 0.220 e. The molecule has 4 heteroatoms. The fourth-order valence-corrected chi connectivity index (χ4v) is 1.99. The molecule has 16 heavy (non-hydrogen) atoms. The van der Waals surface area contributed by atoms with E-state index in [2.05, 4.69) is 10.6 Å². The molecule has 1 aliphatic rings. The summed E-state index contributed by atoms with van der Waals surface area (Å²) in [6.45, 7) is 5.78. The zero-order valence-corrected chi connectivity index (χ0v) is 10.4. The molecule has 1 unspecified atom stereocenters. The van der Waals surface area contributed by atoms with E-state index in [4.69, 9.17) is 5.11 Å². The van der Waals surface area contributed by atoms with Crippen molar-refractivity contribution in [3.8, 4) is 0 Å². The monoisotopic (exact) mass is 228 g/mol. The summed E-state index contributed by atoms with van der Waals surface area (Å²) in [7, 11) is 0. The average Bonchev–Trinajstić information content (AvgIpc) is 2.27. The topological polar surface area (TPSA) is 61.4 Å². The number of hydrogen-bond acceptors (Lipinski definition) is 3. The van der Waals surface area contributed by atoms with Gasteiger partial charge >= 0.3 is 0 Å². The third kappa shape index (κ3) is 4.94. The molecule has 0 aromatic rings. The highest BCUT2D eigenvalue weighted by atomic mass is 16.3. The van der Waals surface area contributed by atoms with Crippen molar-refractivity contribution in [1.29, 1.82) is 0 Å². The molecule has 1 fully saturated rings. The van der Waals surface area contributed by atoms with Crippen molar-refractivity contribution in [1.82, 2.24) is 10.6 Å². The second-order valence-electron chi connectivity index (χ2n) is 5.34. The predicted octanol–water partition coefficient (Wildman–Crippen LogP) is 0.653. The summed E-state index contributed by atoms with van der Waals surface area (Å²) in [4.78, 5) is 11.6. The molecule has 1 saturated heterocycles. The first-order valence-electron chi connectivity index (χ1n) is 6.16. The third-order valence-corrected chi connectivity index (χ3v) is 3.05. The molecule has 0 aromatic heterocycles. The number of hydrogen-bond donors (Lipinski definition) is 3. The lowest BCUT2D eigenvalue weighted by atomic mass is 9.94. The first-order chi connectivity index (χ1) is 7.53. The molecule has 3 N–H and O–H groups in total. The molecule has 94 valence electrons. The van der Waals surface area contributed by atoms with Crippen LogP contribution in [-0.2, 0) is 4.79 Å². The van der Waals surface area contributed by atoms with Crippen LogP contribution in [0.3, 0.4) is 0 Å². The van der Waals surface area contributed by atoms with Gasteiger partial charge in [0.2, 0.25) is 5.91 Å². The maximum atomic E-state index is 11.6. The second kappa shape index (κ2) is 6.21. The molecule has 0 bridgehead atoms. The van der Waals surface area contributed by atoms with E-state index in [1.807, 2.05) is 13.8 Å². The largest absolute Gasteiger partial charge is 0.394 e. The van der Waals surface area contributed by atoms with Crippen molar-refractivity contribution in [2.45, 2.75) is 45.1 Å². The minimum atomic E-state index is -0.498. The van der Waals surface area contributed by atoms with Gasteiger partial charge in [0.15, 0.2) is 0 Å². The molecule has 1 atom stereocenters. The second-order valence-corrected chi connectivity index (χ2v) is 5.34. The van der Waals surface area contributed by atoms with E-state index >= 15 is 0 Å². The van der Waals surface area contributed by atoms with Gasteiger partial charge in [-0.05, 0) is 52.1 Å². The maximum Gasteiger partial charge on any atom is 0.220 e. The van der Waals surface area contributed by atoms with E-state index in [0.29, 0.717) is 12.3 Å². The molecule has 0 spiro atoms. The summed E-state index contributed by atoms with van der Waals surface area (Å²) >= 11 is 0. The molecular weight excluding hydrogens is 204 g/mol. The number of carbonyl (C=O) groups is 1. The summed E-state index contributed by atoms with van der Waals surface area (Å²) in [6.07, 6.45) is 3.95. The Kier molecular flexibility index (Phi) is 5.22. The lowest BCUT2D eigenvalue weighted by molar-refractivity contribution is -0.123. The van der Waals surface area contributed by atoms with Gasteiger partial charge in [0.1, 0.15) is 0 Å². The summed E-state index contributed by atoms with van der Waals surface area (Å²) in [5.74, 6) is 0.682. The first-order valence-corrected chi connectivity index (χ1v) is 6.16. The SMILES string of the molecule is CC(C)(CO)NC(=O)CCC1CCCNC1. The molecule has 1 aliphatic heterocycles. The number of aliphatic hydroxyl groups is 1. The molecule has 0 aromatic carbocycles. The quantitative estimate of drug-likeness (QED) is 0.647. The van der Waals surface area contributed by atoms with Crippen LogP contribution in [-0.4, -0.2) is 36.2 Å². The van der Waals surface area contributed by atoms with Gasteiger partial charge in [0, 0.05) is 6.42 Å². The Morgan fingerprint density at radius 1 is 1.56 bits per heavy atom. The highest BCUT2D eigenvalue weighted by Gasteiger charge is 2.20. The van der Waals surface area contributed by atoms with E-state index in [0.717, 1.165) is 19.5 Å². The van der Waals surface area contributed by atoms with Crippen molar-refractivity contribution < 1.29 is 9.90 Å². The fourth-order valence-electron chi connectivity index (χ4n) is 1.99. The molecule has 4 nitrogen and oxygen atoms in total. The van der Waals surface area contributed by atoms with Crippen LogP contribution in [0.15, 0.2) is 0 Å². The van der Waals surface area contributed by atoms with Gasteiger partial charge in [-0.1, -0.05) is 0 Å². The third-order valence-electron chi connectivity index (χ3n) is 3.05. The summed E-state index contributed by atoms with van der Waals surface area (Å²) in [5, 5.41) is 15.2. The van der Waals surface area contributed by atoms with Crippen molar-refractivity contribution in [2.24, 2.45) is 5.92 Å². The van der Waals surface area contributed by atoms with Gasteiger partial charge in [-0.2, -0.15) is 0 Å². The highest BCUT2D eigenvalue weighted by Crippen LogP contribution is 2.16. The van der Waals surface area contributed by atoms with Crippen LogP contribution in [0.4, 0.5) is 0 Å². The van der Waals surface area contributed by atoms with Crippen LogP contribution in [0.5, 0.6) is 0 Å². The molecule has 1 rings (SSSR count). The Morgan fingerprint density at radius 2 is 2.31 bits per heavy atom. The lowest BCUT2D eigenvalue weighted by Gasteiger charge is -2.25. The van der Waals surface area contributed by atoms with Crippen molar-refractivity contribution in [3.63, 3.8) is 0 Å². The number of carbonyl (C=O) groups excluding carboxylic acids is 1. The molecule has 1 heterocycles. The maximum absolute atomic E-state index is 11.6. The van der Waals surface area contributed by atoms with E-state index in [-0.39, 0.29) is 12.5 Å². The van der Waals surface area contributed by atoms with Crippen LogP contribution in [0.1, 0.15) is 39.5 Å².